The number of aromatic hydroxyl groups is 1. The molecule has 3 saturated heterocycles. The molecule has 2 aromatic heterocycles. The van der Waals surface area contributed by atoms with Crippen LogP contribution in [0.2, 0.25) is 0 Å². The van der Waals surface area contributed by atoms with Gasteiger partial charge in [0.05, 0.1) is 29.3 Å². The molecule has 0 bridgehead atoms. The molecule has 7 rings (SSSR count). The molecule has 5 heterocycles. The maximum absolute atomic E-state index is 14.4. The van der Waals surface area contributed by atoms with Crippen LogP contribution in [0.4, 0.5) is 14.6 Å². The van der Waals surface area contributed by atoms with Crippen LogP contribution >= 0.6 is 0 Å². The summed E-state index contributed by atoms with van der Waals surface area (Å²) in [5, 5.41) is 21.6. The zero-order valence-electron chi connectivity index (χ0n) is 21.6. The van der Waals surface area contributed by atoms with Gasteiger partial charge in [-0.25, -0.2) is 18.7 Å². The van der Waals surface area contributed by atoms with Gasteiger partial charge in [0.15, 0.2) is 0 Å². The minimum atomic E-state index is -0.621. The number of pyridine rings is 1. The molecule has 2 atom stereocenters. The van der Waals surface area contributed by atoms with E-state index < -0.39 is 12.0 Å². The van der Waals surface area contributed by atoms with Gasteiger partial charge in [0, 0.05) is 42.8 Å². The minimum Gasteiger partial charge on any atom is -0.508 e. The third-order valence-electron chi connectivity index (χ3n) is 7.77. The lowest BCUT2D eigenvalue weighted by molar-refractivity contribution is 0.292. The van der Waals surface area contributed by atoms with Crippen LogP contribution in [-0.2, 0) is 0 Å². The van der Waals surface area contributed by atoms with E-state index in [2.05, 4.69) is 19.8 Å². The lowest BCUT2D eigenvalue weighted by Gasteiger charge is -2.33. The van der Waals surface area contributed by atoms with Crippen LogP contribution in [0.15, 0.2) is 36.5 Å². The third-order valence-corrected chi connectivity index (χ3v) is 7.77. The van der Waals surface area contributed by atoms with E-state index in [1.807, 2.05) is 6.07 Å². The molecule has 0 radical (unpaired) electrons. The molecule has 39 heavy (non-hydrogen) atoms. The number of nitriles is 1. The fourth-order valence-electron chi connectivity index (χ4n) is 5.76. The Balaban J connectivity index is 0.000000258. The first-order valence-corrected chi connectivity index (χ1v) is 13.2. The molecule has 4 aromatic rings. The van der Waals surface area contributed by atoms with Crippen LogP contribution in [0, 0.1) is 17.1 Å². The molecule has 0 spiro atoms. The number of nitrogens with zero attached hydrogens (tertiary/aromatic N) is 6. The summed E-state index contributed by atoms with van der Waals surface area (Å²) in [6, 6.07) is 10.3. The molecule has 1 N–H and O–H groups in total. The van der Waals surface area contributed by atoms with Gasteiger partial charge in [-0.2, -0.15) is 10.2 Å². The van der Waals surface area contributed by atoms with Gasteiger partial charge in [0.25, 0.3) is 0 Å². The van der Waals surface area contributed by atoms with Crippen LogP contribution in [-0.4, -0.2) is 70.5 Å². The number of benzene rings is 2. The number of hydrogen-bond donors (Lipinski definition) is 1. The first-order valence-electron chi connectivity index (χ1n) is 13.2. The summed E-state index contributed by atoms with van der Waals surface area (Å²) in [5.41, 5.74) is 1.46. The average molecular weight is 531 g/mol. The highest BCUT2D eigenvalue weighted by Gasteiger charge is 2.34. The fourth-order valence-corrected chi connectivity index (χ4v) is 5.76. The van der Waals surface area contributed by atoms with Crippen molar-refractivity contribution in [3.8, 4) is 29.1 Å². The molecule has 0 aliphatic carbocycles. The Kier molecular flexibility index (Phi) is 6.61. The molecule has 0 amide bonds. The molecule has 0 saturated carbocycles. The van der Waals surface area contributed by atoms with Crippen molar-refractivity contribution in [1.29, 1.82) is 5.26 Å². The van der Waals surface area contributed by atoms with Crippen LogP contribution in [0.1, 0.15) is 31.2 Å². The van der Waals surface area contributed by atoms with Gasteiger partial charge in [-0.1, -0.05) is 6.07 Å². The fraction of sp³-hybridized carbons (Fsp3) is 0.379. The van der Waals surface area contributed by atoms with Crippen molar-refractivity contribution in [2.24, 2.45) is 0 Å². The van der Waals surface area contributed by atoms with E-state index in [1.165, 1.54) is 44.2 Å². The number of alkyl halides is 1. The Hall–Kier alpha value is -4.10. The van der Waals surface area contributed by atoms with Crippen molar-refractivity contribution >= 4 is 27.5 Å². The largest absolute Gasteiger partial charge is 0.508 e. The highest BCUT2D eigenvalue weighted by atomic mass is 19.1. The normalized spacial score (nSPS) is 20.3. The van der Waals surface area contributed by atoms with Crippen LogP contribution in [0.25, 0.3) is 32.9 Å². The monoisotopic (exact) mass is 530 g/mol. The highest BCUT2D eigenvalue weighted by molar-refractivity contribution is 6.03. The maximum atomic E-state index is 14.4. The summed E-state index contributed by atoms with van der Waals surface area (Å²) in [6.07, 6.45) is 5.54. The van der Waals surface area contributed by atoms with Gasteiger partial charge < -0.3 is 14.7 Å². The van der Waals surface area contributed by atoms with Gasteiger partial charge in [-0.05, 0) is 61.9 Å². The van der Waals surface area contributed by atoms with E-state index in [9.17, 15) is 19.1 Å². The SMILES string of the molecule is COc1ncc2c(N3CCC3)nc(-c3cc(O)cc4ccc(F)c(C#N)c34)cc2n1.FC1CC2CCCN2C1. The molecule has 2 aromatic carbocycles. The minimum absolute atomic E-state index is 0.000614. The maximum Gasteiger partial charge on any atom is 0.316 e. The molecule has 10 heteroatoms. The molecule has 2 unspecified atom stereocenters. The zero-order chi connectivity index (χ0) is 27.1. The van der Waals surface area contributed by atoms with Crippen molar-refractivity contribution < 1.29 is 18.6 Å². The predicted molar refractivity (Wildman–Crippen MR) is 144 cm³/mol. The molecule has 3 aliphatic rings. The van der Waals surface area contributed by atoms with Gasteiger partial charge in [0.1, 0.15) is 29.6 Å². The Bertz CT molecular complexity index is 1590. The van der Waals surface area contributed by atoms with Crippen molar-refractivity contribution in [3.63, 3.8) is 0 Å². The number of fused-ring (bicyclic) bond motifs is 3. The van der Waals surface area contributed by atoms with Crippen molar-refractivity contribution in [2.45, 2.75) is 37.9 Å². The predicted octanol–water partition coefficient (Wildman–Crippen LogP) is 4.97. The third kappa shape index (κ3) is 4.68. The second-order valence-corrected chi connectivity index (χ2v) is 10.2. The Morgan fingerprint density at radius 1 is 1.13 bits per heavy atom. The summed E-state index contributed by atoms with van der Waals surface area (Å²) in [6.45, 7) is 3.57. The average Bonchev–Trinajstić information content (AvgIpc) is 3.48. The quantitative estimate of drug-likeness (QED) is 0.396. The molecular weight excluding hydrogens is 502 g/mol. The summed E-state index contributed by atoms with van der Waals surface area (Å²) in [7, 11) is 1.49. The van der Waals surface area contributed by atoms with E-state index in [1.54, 1.807) is 12.3 Å². The Morgan fingerprint density at radius 3 is 2.69 bits per heavy atom. The second kappa shape index (κ2) is 10.2. The second-order valence-electron chi connectivity index (χ2n) is 10.2. The summed E-state index contributed by atoms with van der Waals surface area (Å²) >= 11 is 0. The van der Waals surface area contributed by atoms with Gasteiger partial charge in [-0.15, -0.1) is 0 Å². The van der Waals surface area contributed by atoms with E-state index in [-0.39, 0.29) is 17.3 Å². The summed E-state index contributed by atoms with van der Waals surface area (Å²) in [4.78, 5) is 17.8. The van der Waals surface area contributed by atoms with Crippen LogP contribution in [0.3, 0.4) is 0 Å². The number of ether oxygens (including phenoxy) is 1. The number of methoxy groups -OCH3 is 1. The van der Waals surface area contributed by atoms with E-state index in [0.717, 1.165) is 37.9 Å². The van der Waals surface area contributed by atoms with E-state index in [0.29, 0.717) is 46.0 Å². The lowest BCUT2D eigenvalue weighted by Crippen LogP contribution is -2.37. The smallest absolute Gasteiger partial charge is 0.316 e. The number of rotatable bonds is 3. The van der Waals surface area contributed by atoms with E-state index >= 15 is 0 Å². The number of aromatic nitrogens is 3. The summed E-state index contributed by atoms with van der Waals surface area (Å²) in [5.74, 6) is 0.0909. The molecular formula is C29H28F2N6O2. The van der Waals surface area contributed by atoms with Gasteiger partial charge in [-0.3, -0.25) is 4.90 Å². The molecule has 3 fully saturated rings. The van der Waals surface area contributed by atoms with E-state index in [4.69, 9.17) is 9.72 Å². The topological polar surface area (TPSA) is 98.4 Å². The Labute approximate surface area is 224 Å². The van der Waals surface area contributed by atoms with Crippen molar-refractivity contribution in [3.05, 3.63) is 47.9 Å². The first-order chi connectivity index (χ1) is 18.9. The highest BCUT2D eigenvalue weighted by Crippen LogP contribution is 2.38. The number of hydrogen-bond acceptors (Lipinski definition) is 8. The number of phenols is 1. The van der Waals surface area contributed by atoms with Crippen LogP contribution < -0.4 is 9.64 Å². The molecule has 8 nitrogen and oxygen atoms in total. The lowest BCUT2D eigenvalue weighted by atomic mass is 9.96. The summed E-state index contributed by atoms with van der Waals surface area (Å²) < 4.78 is 32.2. The Morgan fingerprint density at radius 2 is 1.97 bits per heavy atom. The first kappa shape index (κ1) is 25.2. The van der Waals surface area contributed by atoms with Gasteiger partial charge >= 0.3 is 6.01 Å². The van der Waals surface area contributed by atoms with Gasteiger partial charge in [0.2, 0.25) is 0 Å². The van der Waals surface area contributed by atoms with Crippen molar-refractivity contribution in [2.75, 3.05) is 38.2 Å². The van der Waals surface area contributed by atoms with Crippen LogP contribution in [0.5, 0.6) is 11.8 Å². The zero-order valence-corrected chi connectivity index (χ0v) is 21.6. The van der Waals surface area contributed by atoms with Crippen molar-refractivity contribution in [1.82, 2.24) is 19.9 Å². The number of phenolic OH excluding ortho intramolecular Hbond substituents is 1. The standard InChI is InChI=1S/C22H16FN5O2.C7H12FN/c1-30-22-25-11-16-19(27-22)9-18(26-21(16)28-5-2-6-28)14-8-13(29)7-12-3-4-17(23)15(10-24)20(12)14;8-6-4-7-2-1-3-9(7)5-6/h3-4,7-9,11,29H,2,5-6H2,1H3;6-7H,1-5H2. The molecule has 3 aliphatic heterocycles. The number of halogens is 2. The molecule has 200 valence electrons. The number of anilines is 1.